The molecule has 3 saturated heterocycles. The van der Waals surface area contributed by atoms with Gasteiger partial charge in [0.25, 0.3) is 0 Å². The van der Waals surface area contributed by atoms with Gasteiger partial charge in [-0.15, -0.1) is 0 Å². The van der Waals surface area contributed by atoms with Gasteiger partial charge in [-0.2, -0.15) is 9.97 Å². The Hall–Kier alpha value is -3.11. The Balaban J connectivity index is 1.37. The topological polar surface area (TPSA) is 83.8 Å². The summed E-state index contributed by atoms with van der Waals surface area (Å²) in [5, 5.41) is 11.0. The molecule has 218 valence electrons. The zero-order chi connectivity index (χ0) is 28.1. The van der Waals surface area contributed by atoms with Crippen molar-refractivity contribution >= 4 is 16.7 Å². The van der Waals surface area contributed by atoms with Crippen LogP contribution in [0.3, 0.4) is 0 Å². The first-order chi connectivity index (χ1) is 19.9. The van der Waals surface area contributed by atoms with Crippen molar-refractivity contribution in [1.29, 1.82) is 0 Å². The zero-order valence-corrected chi connectivity index (χ0v) is 23.5. The Labute approximate surface area is 238 Å². The van der Waals surface area contributed by atoms with Crippen molar-refractivity contribution in [3.63, 3.8) is 0 Å². The summed E-state index contributed by atoms with van der Waals surface area (Å²) in [4.78, 5) is 18.4. The second kappa shape index (κ2) is 10.6. The largest absolute Gasteiger partial charge is 0.508 e. The number of anilines is 1. The van der Waals surface area contributed by atoms with Crippen molar-refractivity contribution in [1.82, 2.24) is 19.9 Å². The molecule has 41 heavy (non-hydrogen) atoms. The van der Waals surface area contributed by atoms with E-state index in [2.05, 4.69) is 19.8 Å². The fraction of sp³-hybridized carbons (Fsp3) is 0.581. The minimum absolute atomic E-state index is 0.0261. The van der Waals surface area contributed by atoms with E-state index >= 15 is 4.39 Å². The Kier molecular flexibility index (Phi) is 6.93. The molecule has 6 bridgehead atoms. The third kappa shape index (κ3) is 4.88. The second-order valence-electron chi connectivity index (χ2n) is 12.2. The Bertz CT molecular complexity index is 1470. The first-order valence-corrected chi connectivity index (χ1v) is 15.0. The van der Waals surface area contributed by atoms with Crippen LogP contribution in [0.5, 0.6) is 11.8 Å². The van der Waals surface area contributed by atoms with Crippen molar-refractivity contribution in [3.05, 3.63) is 35.3 Å². The number of halogens is 2. The lowest BCUT2D eigenvalue weighted by Gasteiger charge is -2.31. The highest BCUT2D eigenvalue weighted by molar-refractivity contribution is 5.92. The van der Waals surface area contributed by atoms with Crippen LogP contribution in [-0.2, 0) is 11.2 Å². The molecule has 5 aliphatic rings. The first kappa shape index (κ1) is 26.8. The van der Waals surface area contributed by atoms with Crippen LogP contribution in [0.2, 0.25) is 0 Å². The summed E-state index contributed by atoms with van der Waals surface area (Å²) in [6, 6.07) is 3.37. The van der Waals surface area contributed by atoms with E-state index in [1.165, 1.54) is 0 Å². The van der Waals surface area contributed by atoms with E-state index in [1.54, 1.807) is 18.3 Å². The van der Waals surface area contributed by atoms with Gasteiger partial charge in [0.2, 0.25) is 0 Å². The quantitative estimate of drug-likeness (QED) is 0.469. The molecule has 7 heterocycles. The summed E-state index contributed by atoms with van der Waals surface area (Å²) < 4.78 is 43.6. The molecule has 10 heteroatoms. The number of phenolic OH excluding ortho intramolecular Hbond substituents is 1. The maximum atomic E-state index is 16.6. The normalized spacial score (nSPS) is 26.7. The molecule has 1 N–H and O–H groups in total. The Morgan fingerprint density at radius 2 is 2.05 bits per heavy atom. The summed E-state index contributed by atoms with van der Waals surface area (Å²) in [6.07, 6.45) is 7.50. The standard InChI is InChI=1S/C31H37F2N5O3/c1-19-12-21(39)13-24-23(19)7-4-11-40-22-6-2-3-9-37(17-22)29-25-15-34-27(24)26(33)28(25)35-30(36-29)41-18-31-8-5-10-38(31)16-20(32)14-31/h12-13,15,20,22,39H,2-11,14,16-18H2,1H3/t20-,22?,31+/m1/s1. The third-order valence-corrected chi connectivity index (χ3v) is 9.44. The number of fused-ring (bicyclic) bond motifs is 5. The van der Waals surface area contributed by atoms with Gasteiger partial charge in [0.1, 0.15) is 35.6 Å². The van der Waals surface area contributed by atoms with Crippen LogP contribution >= 0.6 is 0 Å². The van der Waals surface area contributed by atoms with E-state index in [0.29, 0.717) is 49.3 Å². The van der Waals surface area contributed by atoms with Gasteiger partial charge in [-0.1, -0.05) is 0 Å². The molecule has 0 radical (unpaired) electrons. The summed E-state index contributed by atoms with van der Waals surface area (Å²) in [5.74, 6) is 0.0817. The molecule has 8 nitrogen and oxygen atoms in total. The number of alkyl halides is 1. The highest BCUT2D eigenvalue weighted by atomic mass is 19.1. The van der Waals surface area contributed by atoms with Crippen LogP contribution in [0.4, 0.5) is 14.6 Å². The van der Waals surface area contributed by atoms with Gasteiger partial charge in [0, 0.05) is 44.4 Å². The van der Waals surface area contributed by atoms with Crippen LogP contribution in [0.1, 0.15) is 56.1 Å². The zero-order valence-electron chi connectivity index (χ0n) is 23.5. The van der Waals surface area contributed by atoms with Gasteiger partial charge in [-0.3, -0.25) is 9.88 Å². The highest BCUT2D eigenvalue weighted by Gasteiger charge is 2.49. The number of aromatic nitrogens is 3. The van der Waals surface area contributed by atoms with E-state index in [-0.39, 0.29) is 41.2 Å². The molecule has 2 aromatic heterocycles. The van der Waals surface area contributed by atoms with Crippen molar-refractivity contribution < 1.29 is 23.4 Å². The lowest BCUT2D eigenvalue weighted by molar-refractivity contribution is 0.0527. The number of hydrogen-bond acceptors (Lipinski definition) is 8. The number of pyridine rings is 1. The smallest absolute Gasteiger partial charge is 0.319 e. The summed E-state index contributed by atoms with van der Waals surface area (Å²) in [7, 11) is 0. The number of aryl methyl sites for hydroxylation is 1. The summed E-state index contributed by atoms with van der Waals surface area (Å²) in [6.45, 7) is 5.46. The minimum atomic E-state index is -0.870. The molecular weight excluding hydrogens is 528 g/mol. The number of benzene rings is 1. The van der Waals surface area contributed by atoms with Crippen molar-refractivity contribution in [2.75, 3.05) is 44.3 Å². The molecule has 3 aromatic rings. The van der Waals surface area contributed by atoms with Gasteiger partial charge < -0.3 is 19.5 Å². The predicted octanol–water partition coefficient (Wildman–Crippen LogP) is 5.12. The number of aromatic hydroxyl groups is 1. The van der Waals surface area contributed by atoms with Crippen LogP contribution < -0.4 is 9.64 Å². The molecule has 0 saturated carbocycles. The van der Waals surface area contributed by atoms with E-state index in [4.69, 9.17) is 14.5 Å². The molecular formula is C31H37F2N5O3. The molecule has 1 aromatic carbocycles. The van der Waals surface area contributed by atoms with E-state index in [1.807, 2.05) is 6.92 Å². The van der Waals surface area contributed by atoms with Crippen molar-refractivity contribution in [3.8, 4) is 23.0 Å². The SMILES string of the molecule is Cc1cc(O)cc2c1CCCOC1CCCCN(C1)c1nc(OC[C@@]34CCCN3C[C@H](F)C4)nc3c(F)c-2ncc13. The number of ether oxygens (including phenoxy) is 2. The Morgan fingerprint density at radius 1 is 1.15 bits per heavy atom. The molecule has 0 amide bonds. The lowest BCUT2D eigenvalue weighted by atomic mass is 9.94. The molecule has 0 spiro atoms. The monoisotopic (exact) mass is 565 g/mol. The number of phenols is 1. The average molecular weight is 566 g/mol. The number of hydrogen-bond donors (Lipinski definition) is 1. The molecule has 1 unspecified atom stereocenters. The number of nitrogens with zero attached hydrogens (tertiary/aromatic N) is 5. The van der Waals surface area contributed by atoms with E-state index in [9.17, 15) is 9.50 Å². The van der Waals surface area contributed by atoms with E-state index in [0.717, 1.165) is 62.7 Å². The van der Waals surface area contributed by atoms with E-state index < -0.39 is 12.0 Å². The molecule has 3 fully saturated rings. The van der Waals surface area contributed by atoms with Crippen molar-refractivity contribution in [2.45, 2.75) is 76.1 Å². The molecule has 8 rings (SSSR count). The van der Waals surface area contributed by atoms with Crippen LogP contribution in [0, 0.1) is 12.7 Å². The number of rotatable bonds is 3. The van der Waals surface area contributed by atoms with Gasteiger partial charge in [0.05, 0.1) is 17.0 Å². The summed E-state index contributed by atoms with van der Waals surface area (Å²) >= 11 is 0. The highest BCUT2D eigenvalue weighted by Crippen LogP contribution is 2.41. The molecule has 5 aliphatic heterocycles. The van der Waals surface area contributed by atoms with Crippen LogP contribution in [0.25, 0.3) is 22.2 Å². The average Bonchev–Trinajstić information content (AvgIpc) is 3.36. The second-order valence-corrected chi connectivity index (χ2v) is 12.2. The van der Waals surface area contributed by atoms with Gasteiger partial charge >= 0.3 is 6.01 Å². The Morgan fingerprint density at radius 3 is 2.95 bits per heavy atom. The maximum Gasteiger partial charge on any atom is 0.319 e. The van der Waals surface area contributed by atoms with Crippen LogP contribution in [-0.4, -0.2) is 82.2 Å². The van der Waals surface area contributed by atoms with Gasteiger partial charge in [-0.25, -0.2) is 8.78 Å². The van der Waals surface area contributed by atoms with Gasteiger partial charge in [0.15, 0.2) is 5.82 Å². The maximum absolute atomic E-state index is 16.6. The third-order valence-electron chi connectivity index (χ3n) is 9.44. The predicted molar refractivity (Wildman–Crippen MR) is 152 cm³/mol. The van der Waals surface area contributed by atoms with Crippen molar-refractivity contribution in [2.24, 2.45) is 0 Å². The van der Waals surface area contributed by atoms with Gasteiger partial charge in [-0.05, 0) is 81.7 Å². The van der Waals surface area contributed by atoms with Crippen LogP contribution in [0.15, 0.2) is 18.3 Å². The first-order valence-electron chi connectivity index (χ1n) is 15.0. The minimum Gasteiger partial charge on any atom is -0.508 e. The fourth-order valence-electron chi connectivity index (χ4n) is 7.43. The lowest BCUT2D eigenvalue weighted by Crippen LogP contribution is -2.43. The molecule has 3 atom stereocenters. The summed E-state index contributed by atoms with van der Waals surface area (Å²) in [5.41, 5.74) is 2.28. The fourth-order valence-corrected chi connectivity index (χ4v) is 7.43. The molecule has 0 aliphatic carbocycles.